The molecule has 1 aromatic heterocycles. The molecule has 0 fully saturated rings. The summed E-state index contributed by atoms with van der Waals surface area (Å²) in [5.74, 6) is 1.40. The first-order valence-corrected chi connectivity index (χ1v) is 4.76. The van der Waals surface area contributed by atoms with Crippen molar-refractivity contribution in [1.29, 1.82) is 0 Å². The number of aryl methyl sites for hydroxylation is 1. The SMILES string of the molecule is CC(C)CCC(O)c1nccn1C. The molecule has 3 heteroatoms. The van der Waals surface area contributed by atoms with E-state index in [9.17, 15) is 5.11 Å². The van der Waals surface area contributed by atoms with E-state index in [0.29, 0.717) is 5.92 Å². The van der Waals surface area contributed by atoms with Gasteiger partial charge in [0.15, 0.2) is 0 Å². The number of hydrogen-bond donors (Lipinski definition) is 1. The Morgan fingerprint density at radius 2 is 2.15 bits per heavy atom. The van der Waals surface area contributed by atoms with Crippen LogP contribution < -0.4 is 0 Å². The molecule has 0 saturated heterocycles. The molecule has 74 valence electrons. The van der Waals surface area contributed by atoms with Gasteiger partial charge in [-0.1, -0.05) is 13.8 Å². The summed E-state index contributed by atoms with van der Waals surface area (Å²) in [6.07, 6.45) is 4.99. The van der Waals surface area contributed by atoms with Gasteiger partial charge in [0.2, 0.25) is 0 Å². The van der Waals surface area contributed by atoms with Crippen molar-refractivity contribution in [2.75, 3.05) is 0 Å². The van der Waals surface area contributed by atoms with Crippen molar-refractivity contribution in [2.24, 2.45) is 13.0 Å². The molecule has 1 atom stereocenters. The van der Waals surface area contributed by atoms with E-state index < -0.39 is 6.10 Å². The van der Waals surface area contributed by atoms with Gasteiger partial charge >= 0.3 is 0 Å². The van der Waals surface area contributed by atoms with Crippen LogP contribution in [0.15, 0.2) is 12.4 Å². The van der Waals surface area contributed by atoms with E-state index in [2.05, 4.69) is 18.8 Å². The van der Waals surface area contributed by atoms with Gasteiger partial charge in [0.05, 0.1) is 0 Å². The maximum Gasteiger partial charge on any atom is 0.137 e. The Kier molecular flexibility index (Phi) is 3.48. The molecule has 0 radical (unpaired) electrons. The molecule has 0 aliphatic carbocycles. The van der Waals surface area contributed by atoms with Gasteiger partial charge < -0.3 is 9.67 Å². The van der Waals surface area contributed by atoms with Gasteiger partial charge in [0.25, 0.3) is 0 Å². The molecule has 1 N–H and O–H groups in total. The minimum atomic E-state index is -0.414. The third-order valence-electron chi connectivity index (χ3n) is 2.17. The zero-order chi connectivity index (χ0) is 9.84. The number of aliphatic hydroxyl groups excluding tert-OH is 1. The van der Waals surface area contributed by atoms with E-state index in [1.165, 1.54) is 0 Å². The Morgan fingerprint density at radius 3 is 2.62 bits per heavy atom. The first-order valence-electron chi connectivity index (χ1n) is 4.76. The van der Waals surface area contributed by atoms with Gasteiger partial charge in [-0.15, -0.1) is 0 Å². The molecule has 0 saturated carbocycles. The lowest BCUT2D eigenvalue weighted by molar-refractivity contribution is 0.146. The van der Waals surface area contributed by atoms with Crippen LogP contribution in [0.2, 0.25) is 0 Å². The van der Waals surface area contributed by atoms with Crippen molar-refractivity contribution in [3.8, 4) is 0 Å². The quantitative estimate of drug-likeness (QED) is 0.772. The first kappa shape index (κ1) is 10.3. The second-order valence-corrected chi connectivity index (χ2v) is 3.88. The summed E-state index contributed by atoms with van der Waals surface area (Å²) in [5, 5.41) is 9.76. The van der Waals surface area contributed by atoms with Gasteiger partial charge in [0.1, 0.15) is 11.9 Å². The van der Waals surface area contributed by atoms with E-state index in [0.717, 1.165) is 18.7 Å². The standard InChI is InChI=1S/C10H18N2O/c1-8(2)4-5-9(13)10-11-6-7-12(10)3/h6-9,13H,4-5H2,1-3H3. The van der Waals surface area contributed by atoms with Crippen LogP contribution in [0, 0.1) is 5.92 Å². The molecule has 0 amide bonds. The molecule has 0 bridgehead atoms. The lowest BCUT2D eigenvalue weighted by Gasteiger charge is -2.11. The van der Waals surface area contributed by atoms with E-state index in [-0.39, 0.29) is 0 Å². The van der Waals surface area contributed by atoms with Crippen molar-refractivity contribution >= 4 is 0 Å². The van der Waals surface area contributed by atoms with Gasteiger partial charge in [-0.05, 0) is 18.8 Å². The van der Waals surface area contributed by atoms with Crippen molar-refractivity contribution in [2.45, 2.75) is 32.8 Å². The number of aromatic nitrogens is 2. The summed E-state index contributed by atoms with van der Waals surface area (Å²) in [7, 11) is 1.90. The Hall–Kier alpha value is -0.830. The second-order valence-electron chi connectivity index (χ2n) is 3.88. The van der Waals surface area contributed by atoms with Gasteiger partial charge in [-0.2, -0.15) is 0 Å². The molecule has 1 aromatic rings. The van der Waals surface area contributed by atoms with Gasteiger partial charge in [0, 0.05) is 19.4 Å². The monoisotopic (exact) mass is 182 g/mol. The number of aliphatic hydroxyl groups is 1. The van der Waals surface area contributed by atoms with Crippen LogP contribution in [0.1, 0.15) is 38.6 Å². The van der Waals surface area contributed by atoms with E-state index in [1.807, 2.05) is 17.8 Å². The third kappa shape index (κ3) is 2.84. The van der Waals surface area contributed by atoms with Crippen LogP contribution in [0.5, 0.6) is 0 Å². The predicted molar refractivity (Wildman–Crippen MR) is 52.2 cm³/mol. The smallest absolute Gasteiger partial charge is 0.137 e. The summed E-state index contributed by atoms with van der Waals surface area (Å²) in [5.41, 5.74) is 0. The summed E-state index contributed by atoms with van der Waals surface area (Å²) < 4.78 is 1.87. The first-order chi connectivity index (χ1) is 6.11. The number of rotatable bonds is 4. The minimum Gasteiger partial charge on any atom is -0.385 e. The molecule has 0 aliphatic rings. The molecular weight excluding hydrogens is 164 g/mol. The van der Waals surface area contributed by atoms with Crippen LogP contribution >= 0.6 is 0 Å². The minimum absolute atomic E-state index is 0.414. The van der Waals surface area contributed by atoms with Crippen LogP contribution in [0.4, 0.5) is 0 Å². The Labute approximate surface area is 79.4 Å². The van der Waals surface area contributed by atoms with Crippen LogP contribution in [-0.2, 0) is 7.05 Å². The zero-order valence-corrected chi connectivity index (χ0v) is 8.57. The molecule has 0 aliphatic heterocycles. The van der Waals surface area contributed by atoms with Crippen LogP contribution in [0.25, 0.3) is 0 Å². The molecule has 13 heavy (non-hydrogen) atoms. The molecule has 1 heterocycles. The average Bonchev–Trinajstić information content (AvgIpc) is 2.47. The second kappa shape index (κ2) is 4.42. The largest absolute Gasteiger partial charge is 0.385 e. The molecule has 1 unspecified atom stereocenters. The number of imidazole rings is 1. The molecule has 0 aromatic carbocycles. The van der Waals surface area contributed by atoms with E-state index in [1.54, 1.807) is 6.20 Å². The highest BCUT2D eigenvalue weighted by atomic mass is 16.3. The Balaban J connectivity index is 2.49. The fourth-order valence-electron chi connectivity index (χ4n) is 1.32. The molecule has 0 spiro atoms. The summed E-state index contributed by atoms with van der Waals surface area (Å²) in [6, 6.07) is 0. The Bertz CT molecular complexity index is 255. The highest BCUT2D eigenvalue weighted by molar-refractivity contribution is 4.95. The van der Waals surface area contributed by atoms with E-state index in [4.69, 9.17) is 0 Å². The van der Waals surface area contributed by atoms with Crippen LogP contribution in [-0.4, -0.2) is 14.7 Å². The highest BCUT2D eigenvalue weighted by Crippen LogP contribution is 2.18. The topological polar surface area (TPSA) is 38.1 Å². The van der Waals surface area contributed by atoms with Gasteiger partial charge in [-0.25, -0.2) is 4.98 Å². The van der Waals surface area contributed by atoms with Gasteiger partial charge in [-0.3, -0.25) is 0 Å². The van der Waals surface area contributed by atoms with Crippen molar-refractivity contribution in [3.05, 3.63) is 18.2 Å². The summed E-state index contributed by atoms with van der Waals surface area (Å²) >= 11 is 0. The molecular formula is C10H18N2O. The fraction of sp³-hybridized carbons (Fsp3) is 0.700. The summed E-state index contributed by atoms with van der Waals surface area (Å²) in [6.45, 7) is 4.32. The Morgan fingerprint density at radius 1 is 1.46 bits per heavy atom. The summed E-state index contributed by atoms with van der Waals surface area (Å²) in [4.78, 5) is 4.11. The van der Waals surface area contributed by atoms with Crippen molar-refractivity contribution in [1.82, 2.24) is 9.55 Å². The average molecular weight is 182 g/mol. The predicted octanol–water partition coefficient (Wildman–Crippen LogP) is 1.89. The fourth-order valence-corrected chi connectivity index (χ4v) is 1.32. The number of hydrogen-bond acceptors (Lipinski definition) is 2. The lowest BCUT2D eigenvalue weighted by Crippen LogP contribution is -2.06. The number of nitrogens with zero attached hydrogens (tertiary/aromatic N) is 2. The maximum atomic E-state index is 9.76. The molecule has 3 nitrogen and oxygen atoms in total. The maximum absolute atomic E-state index is 9.76. The lowest BCUT2D eigenvalue weighted by atomic mass is 10.0. The highest BCUT2D eigenvalue weighted by Gasteiger charge is 2.12. The van der Waals surface area contributed by atoms with Crippen LogP contribution in [0.3, 0.4) is 0 Å². The van der Waals surface area contributed by atoms with E-state index >= 15 is 0 Å². The zero-order valence-electron chi connectivity index (χ0n) is 8.57. The third-order valence-corrected chi connectivity index (χ3v) is 2.17. The normalized spacial score (nSPS) is 13.6. The van der Waals surface area contributed by atoms with Crippen molar-refractivity contribution in [3.63, 3.8) is 0 Å². The van der Waals surface area contributed by atoms with Crippen molar-refractivity contribution < 1.29 is 5.11 Å². The molecule has 1 rings (SSSR count).